The average molecular weight is 404 g/mol. The summed E-state index contributed by atoms with van der Waals surface area (Å²) in [5.41, 5.74) is 2.79. The predicted molar refractivity (Wildman–Crippen MR) is 111 cm³/mol. The molecular formula is C23H24N4O3. The number of nitrogens with zero attached hydrogens (tertiary/aromatic N) is 2. The standard InChI is InChI=1S/C23H24N4O3/c1-27-19-9-14(3-2-13(19)10-21(27)28)20-7-6-18(30-20)11-17(12-24)26-23(29)22-15-4-5-16(8-15)25-22/h2-3,6-7,9,15-17,22,25H,4-5,8,10-11H2,1H3,(H,26,29)/t15-,16+,17-,22-/m0/s1. The van der Waals surface area contributed by atoms with E-state index in [1.165, 1.54) is 0 Å². The van der Waals surface area contributed by atoms with E-state index in [2.05, 4.69) is 16.7 Å². The SMILES string of the molecule is CN1C(=O)Cc2ccc(-c3ccc(C[C@@H](C#N)NC(=O)[C@H]4N[C@@H]5CC[C@H]4C5)o3)cc21. The van der Waals surface area contributed by atoms with Gasteiger partial charge in [-0.05, 0) is 48.9 Å². The summed E-state index contributed by atoms with van der Waals surface area (Å²) in [4.78, 5) is 26.2. The number of fused-ring (bicyclic) bond motifs is 3. The molecule has 2 N–H and O–H groups in total. The molecule has 0 spiro atoms. The van der Waals surface area contributed by atoms with Crippen LogP contribution in [-0.2, 0) is 22.4 Å². The van der Waals surface area contributed by atoms with Gasteiger partial charge in [0.25, 0.3) is 0 Å². The molecule has 1 aromatic carbocycles. The number of likely N-dealkylation sites (N-methyl/N-ethyl adjacent to an activating group) is 1. The highest BCUT2D eigenvalue weighted by Gasteiger charge is 2.43. The Morgan fingerprint density at radius 1 is 1.37 bits per heavy atom. The predicted octanol–water partition coefficient (Wildman–Crippen LogP) is 2.16. The number of piperidine rings is 1. The Morgan fingerprint density at radius 2 is 2.23 bits per heavy atom. The topological polar surface area (TPSA) is 98.4 Å². The van der Waals surface area contributed by atoms with E-state index >= 15 is 0 Å². The minimum absolute atomic E-state index is 0.0832. The fraction of sp³-hybridized carbons (Fsp3) is 0.435. The molecular weight excluding hydrogens is 380 g/mol. The molecule has 5 rings (SSSR count). The minimum atomic E-state index is -0.638. The summed E-state index contributed by atoms with van der Waals surface area (Å²) in [5, 5.41) is 15.8. The second kappa shape index (κ2) is 7.29. The maximum absolute atomic E-state index is 12.6. The summed E-state index contributed by atoms with van der Waals surface area (Å²) in [5.74, 6) is 1.70. The van der Waals surface area contributed by atoms with Crippen LogP contribution in [0, 0.1) is 17.2 Å². The summed E-state index contributed by atoms with van der Waals surface area (Å²) >= 11 is 0. The molecule has 2 bridgehead atoms. The number of nitriles is 1. The van der Waals surface area contributed by atoms with Gasteiger partial charge < -0.3 is 20.0 Å². The maximum Gasteiger partial charge on any atom is 0.238 e. The lowest BCUT2D eigenvalue weighted by Crippen LogP contribution is -2.50. The van der Waals surface area contributed by atoms with Crippen molar-refractivity contribution in [2.45, 2.75) is 50.2 Å². The summed E-state index contributed by atoms with van der Waals surface area (Å²) in [6.07, 6.45) is 4.01. The lowest BCUT2D eigenvalue weighted by Gasteiger charge is -2.23. The number of carbonyl (C=O) groups excluding carboxylic acids is 2. The fourth-order valence-electron chi connectivity index (χ4n) is 4.98. The first-order valence-electron chi connectivity index (χ1n) is 10.5. The van der Waals surface area contributed by atoms with Crippen LogP contribution < -0.4 is 15.5 Å². The van der Waals surface area contributed by atoms with Gasteiger partial charge in [0, 0.05) is 30.8 Å². The van der Waals surface area contributed by atoms with Crippen LogP contribution in [0.5, 0.6) is 0 Å². The molecule has 3 aliphatic rings. The molecule has 1 aromatic heterocycles. The van der Waals surface area contributed by atoms with Gasteiger partial charge in [-0.3, -0.25) is 9.59 Å². The van der Waals surface area contributed by atoms with Crippen LogP contribution in [-0.4, -0.2) is 37.0 Å². The van der Waals surface area contributed by atoms with Gasteiger partial charge in [0.05, 0.1) is 18.5 Å². The van der Waals surface area contributed by atoms with E-state index in [0.29, 0.717) is 36.3 Å². The highest BCUT2D eigenvalue weighted by atomic mass is 16.3. The van der Waals surface area contributed by atoms with Gasteiger partial charge in [0.1, 0.15) is 17.6 Å². The molecule has 0 radical (unpaired) electrons. The van der Waals surface area contributed by atoms with Crippen molar-refractivity contribution >= 4 is 17.5 Å². The van der Waals surface area contributed by atoms with Gasteiger partial charge in [-0.2, -0.15) is 5.26 Å². The molecule has 4 atom stereocenters. The third kappa shape index (κ3) is 3.27. The van der Waals surface area contributed by atoms with E-state index in [-0.39, 0.29) is 17.9 Å². The van der Waals surface area contributed by atoms with Crippen LogP contribution in [0.3, 0.4) is 0 Å². The lowest BCUT2D eigenvalue weighted by molar-refractivity contribution is -0.124. The molecule has 1 saturated carbocycles. The highest BCUT2D eigenvalue weighted by molar-refractivity contribution is 6.01. The van der Waals surface area contributed by atoms with Crippen LogP contribution in [0.4, 0.5) is 5.69 Å². The Bertz CT molecular complexity index is 1050. The van der Waals surface area contributed by atoms with E-state index in [1.54, 1.807) is 11.9 Å². The largest absolute Gasteiger partial charge is 0.461 e. The monoisotopic (exact) mass is 404 g/mol. The summed E-state index contributed by atoms with van der Waals surface area (Å²) < 4.78 is 5.96. The zero-order chi connectivity index (χ0) is 20.8. The van der Waals surface area contributed by atoms with E-state index < -0.39 is 6.04 Å². The van der Waals surface area contributed by atoms with Gasteiger partial charge in [0.15, 0.2) is 0 Å². The van der Waals surface area contributed by atoms with Gasteiger partial charge >= 0.3 is 0 Å². The zero-order valence-corrected chi connectivity index (χ0v) is 16.9. The van der Waals surface area contributed by atoms with Crippen molar-refractivity contribution in [1.82, 2.24) is 10.6 Å². The van der Waals surface area contributed by atoms with Gasteiger partial charge in [-0.1, -0.05) is 12.1 Å². The zero-order valence-electron chi connectivity index (χ0n) is 16.9. The lowest BCUT2D eigenvalue weighted by atomic mass is 9.99. The van der Waals surface area contributed by atoms with Gasteiger partial charge in [0.2, 0.25) is 11.8 Å². The van der Waals surface area contributed by atoms with Crippen molar-refractivity contribution in [2.75, 3.05) is 11.9 Å². The number of carbonyl (C=O) groups is 2. The average Bonchev–Trinajstić information content (AvgIpc) is 3.53. The normalized spacial score (nSPS) is 25.3. The number of furan rings is 1. The van der Waals surface area contributed by atoms with E-state index in [1.807, 2.05) is 30.3 Å². The van der Waals surface area contributed by atoms with E-state index in [4.69, 9.17) is 4.42 Å². The molecule has 2 amide bonds. The summed E-state index contributed by atoms with van der Waals surface area (Å²) in [6, 6.07) is 11.4. The molecule has 7 heteroatoms. The Hall–Kier alpha value is -3.11. The van der Waals surface area contributed by atoms with Gasteiger partial charge in [-0.25, -0.2) is 0 Å². The quantitative estimate of drug-likeness (QED) is 0.796. The summed E-state index contributed by atoms with van der Waals surface area (Å²) in [7, 11) is 1.77. The first kappa shape index (κ1) is 18.9. The van der Waals surface area contributed by atoms with Crippen LogP contribution in [0.25, 0.3) is 11.3 Å². The van der Waals surface area contributed by atoms with Gasteiger partial charge in [-0.15, -0.1) is 0 Å². The minimum Gasteiger partial charge on any atom is -0.461 e. The Balaban J connectivity index is 1.26. The van der Waals surface area contributed by atoms with Crippen molar-refractivity contribution < 1.29 is 14.0 Å². The molecule has 7 nitrogen and oxygen atoms in total. The fourth-order valence-corrected chi connectivity index (χ4v) is 4.98. The third-order valence-electron chi connectivity index (χ3n) is 6.63. The van der Waals surface area contributed by atoms with Crippen molar-refractivity contribution in [1.29, 1.82) is 5.26 Å². The van der Waals surface area contributed by atoms with Crippen LogP contribution in [0.1, 0.15) is 30.6 Å². The number of hydrogen-bond donors (Lipinski definition) is 2. The first-order valence-corrected chi connectivity index (χ1v) is 10.5. The smallest absolute Gasteiger partial charge is 0.238 e. The number of amides is 2. The number of rotatable bonds is 5. The van der Waals surface area contributed by atoms with Crippen molar-refractivity contribution in [2.24, 2.45) is 5.92 Å². The molecule has 0 unspecified atom stereocenters. The second-order valence-corrected chi connectivity index (χ2v) is 8.55. The van der Waals surface area contributed by atoms with E-state index in [0.717, 1.165) is 36.1 Å². The number of benzene rings is 1. The molecule has 2 aliphatic heterocycles. The van der Waals surface area contributed by atoms with E-state index in [9.17, 15) is 14.9 Å². The van der Waals surface area contributed by atoms with Crippen molar-refractivity contribution in [3.63, 3.8) is 0 Å². The number of hydrogen-bond acceptors (Lipinski definition) is 5. The molecule has 3 heterocycles. The molecule has 1 saturated heterocycles. The van der Waals surface area contributed by atoms with Crippen LogP contribution in [0.2, 0.25) is 0 Å². The summed E-state index contributed by atoms with van der Waals surface area (Å²) in [6.45, 7) is 0. The van der Waals surface area contributed by atoms with Crippen molar-refractivity contribution in [3.05, 3.63) is 41.7 Å². The Kier molecular flexibility index (Phi) is 4.59. The number of anilines is 1. The Morgan fingerprint density at radius 3 is 2.97 bits per heavy atom. The van der Waals surface area contributed by atoms with Crippen LogP contribution in [0.15, 0.2) is 34.7 Å². The number of nitrogens with one attached hydrogen (secondary N) is 2. The second-order valence-electron chi connectivity index (χ2n) is 8.55. The van der Waals surface area contributed by atoms with Crippen LogP contribution >= 0.6 is 0 Å². The molecule has 30 heavy (non-hydrogen) atoms. The maximum atomic E-state index is 12.6. The molecule has 1 aliphatic carbocycles. The molecule has 154 valence electrons. The van der Waals surface area contributed by atoms with Crippen molar-refractivity contribution in [3.8, 4) is 17.4 Å². The third-order valence-corrected chi connectivity index (χ3v) is 6.63. The Labute approximate surface area is 175 Å². The first-order chi connectivity index (χ1) is 14.5. The highest BCUT2D eigenvalue weighted by Crippen LogP contribution is 2.35. The molecule has 2 fully saturated rings. The molecule has 2 aromatic rings.